The Morgan fingerprint density at radius 1 is 2.00 bits per heavy atom. The van der Waals surface area contributed by atoms with Crippen LogP contribution in [0.3, 0.4) is 0 Å². The van der Waals surface area contributed by atoms with Gasteiger partial charge in [0.25, 0.3) is 0 Å². The number of carboxylic acid groups (broad SMARTS) is 1. The summed E-state index contributed by atoms with van der Waals surface area (Å²) < 4.78 is 0. The zero-order valence-electron chi connectivity index (χ0n) is 4.22. The van der Waals surface area contributed by atoms with Crippen LogP contribution in [0.25, 0.3) is 0 Å². The highest BCUT2D eigenvalue weighted by atomic mass is 35.5. The van der Waals surface area contributed by atoms with Crippen LogP contribution in [0.5, 0.6) is 0 Å². The fourth-order valence-electron chi connectivity index (χ4n) is 0.154. The zero-order valence-corrected chi connectivity index (χ0v) is 4.97. The van der Waals surface area contributed by atoms with E-state index >= 15 is 0 Å². The minimum atomic E-state index is -1.17. The first-order valence-electron chi connectivity index (χ1n) is 1.84. The molecule has 0 aromatic carbocycles. The third-order valence-corrected chi connectivity index (χ3v) is 0.714. The summed E-state index contributed by atoms with van der Waals surface area (Å²) in [4.78, 5) is 14.0. The molecule has 0 aromatic rings. The zero-order chi connectivity index (χ0) is 6.57. The molecule has 0 rings (SSSR count). The second-order valence-electron chi connectivity index (χ2n) is 1.02. The van der Waals surface area contributed by atoms with Gasteiger partial charge in [0, 0.05) is 0 Å². The molecule has 0 aliphatic carbocycles. The van der Waals surface area contributed by atoms with Gasteiger partial charge in [-0.1, -0.05) is 11.6 Å². The van der Waals surface area contributed by atoms with Crippen molar-refractivity contribution in [2.45, 2.75) is 5.50 Å². The van der Waals surface area contributed by atoms with Gasteiger partial charge in [-0.2, -0.15) is 5.48 Å². The highest BCUT2D eigenvalue weighted by molar-refractivity contribution is 6.29. The second kappa shape index (κ2) is 3.65. The maximum absolute atomic E-state index is 9.81. The highest BCUT2D eigenvalue weighted by Gasteiger charge is 2.10. The van der Waals surface area contributed by atoms with Gasteiger partial charge in [0.1, 0.15) is 0 Å². The van der Waals surface area contributed by atoms with Gasteiger partial charge < -0.3 is 9.94 Å². The molecule has 0 fully saturated rings. The van der Waals surface area contributed by atoms with E-state index in [1.165, 1.54) is 7.11 Å². The predicted octanol–water partition coefficient (Wildman–Crippen LogP) is -0.213. The molecule has 1 atom stereocenters. The Kier molecular flexibility index (Phi) is 3.51. The molecule has 0 aliphatic heterocycles. The molecule has 0 saturated heterocycles. The molecule has 0 aromatic heterocycles. The fourth-order valence-corrected chi connectivity index (χ4v) is 0.243. The number of halogens is 1. The standard InChI is InChI=1S/C3H6ClNO3/c1-8-5-2(4)3(6)7/h2,5H,1H3,(H,6,7)/t2-/m0/s1. The number of hydroxylamine groups is 1. The molecule has 0 aliphatic rings. The smallest absolute Gasteiger partial charge is 0.338 e. The quantitative estimate of drug-likeness (QED) is 0.323. The van der Waals surface area contributed by atoms with Gasteiger partial charge in [-0.25, -0.2) is 4.79 Å². The molecule has 0 spiro atoms. The summed E-state index contributed by atoms with van der Waals surface area (Å²) in [5.41, 5.74) is 0.844. The van der Waals surface area contributed by atoms with E-state index in [4.69, 9.17) is 16.7 Å². The first-order valence-corrected chi connectivity index (χ1v) is 2.27. The van der Waals surface area contributed by atoms with Gasteiger partial charge >= 0.3 is 5.97 Å². The molecular formula is C3H6ClNO3. The summed E-state index contributed by atoms with van der Waals surface area (Å²) in [6, 6.07) is 0. The Morgan fingerprint density at radius 3 is 2.62 bits per heavy atom. The van der Waals surface area contributed by atoms with Gasteiger partial charge in [0.05, 0.1) is 7.11 Å². The van der Waals surface area contributed by atoms with Crippen molar-refractivity contribution in [1.82, 2.24) is 5.48 Å². The van der Waals surface area contributed by atoms with Crippen LogP contribution in [0.4, 0.5) is 0 Å². The van der Waals surface area contributed by atoms with Gasteiger partial charge in [0.2, 0.25) is 5.50 Å². The monoisotopic (exact) mass is 139 g/mol. The molecule has 8 heavy (non-hydrogen) atoms. The van der Waals surface area contributed by atoms with Crippen LogP contribution in [-0.2, 0) is 9.63 Å². The first kappa shape index (κ1) is 7.68. The van der Waals surface area contributed by atoms with E-state index in [-0.39, 0.29) is 0 Å². The molecule has 5 heteroatoms. The van der Waals surface area contributed by atoms with E-state index in [9.17, 15) is 4.79 Å². The summed E-state index contributed by atoms with van der Waals surface area (Å²) >= 11 is 5.08. The lowest BCUT2D eigenvalue weighted by Gasteiger charge is -2.01. The van der Waals surface area contributed by atoms with Crippen LogP contribution in [-0.4, -0.2) is 23.7 Å². The summed E-state index contributed by atoms with van der Waals surface area (Å²) in [5, 5.41) is 8.04. The number of hydrogen-bond donors (Lipinski definition) is 2. The van der Waals surface area contributed by atoms with Gasteiger partial charge in [-0.05, 0) is 0 Å². The maximum atomic E-state index is 9.81. The average Bonchev–Trinajstić information content (AvgIpc) is 1.67. The normalized spacial score (nSPS) is 13.2. The predicted molar refractivity (Wildman–Crippen MR) is 27.4 cm³/mol. The molecule has 4 nitrogen and oxygen atoms in total. The van der Waals surface area contributed by atoms with Crippen molar-refractivity contribution in [2.75, 3.05) is 7.11 Å². The SMILES string of the molecule is CON[C@H](Cl)C(=O)O. The van der Waals surface area contributed by atoms with Crippen LogP contribution in [0.2, 0.25) is 0 Å². The van der Waals surface area contributed by atoms with Gasteiger partial charge in [-0.3, -0.25) is 0 Å². The Morgan fingerprint density at radius 2 is 2.50 bits per heavy atom. The van der Waals surface area contributed by atoms with Crippen molar-refractivity contribution in [2.24, 2.45) is 0 Å². The number of aliphatic carboxylic acids is 1. The van der Waals surface area contributed by atoms with Crippen LogP contribution in [0, 0.1) is 0 Å². The number of hydrogen-bond acceptors (Lipinski definition) is 3. The molecule has 0 bridgehead atoms. The Balaban J connectivity index is 3.32. The number of alkyl halides is 1. The van der Waals surface area contributed by atoms with Crippen molar-refractivity contribution >= 4 is 17.6 Å². The Hall–Kier alpha value is -0.320. The molecule has 0 heterocycles. The van der Waals surface area contributed by atoms with Crippen molar-refractivity contribution in [3.63, 3.8) is 0 Å². The van der Waals surface area contributed by atoms with Crippen molar-refractivity contribution in [1.29, 1.82) is 0 Å². The molecule has 2 N–H and O–H groups in total. The largest absolute Gasteiger partial charge is 0.479 e. The summed E-state index contributed by atoms with van der Waals surface area (Å²) in [5.74, 6) is -1.16. The lowest BCUT2D eigenvalue weighted by Crippen LogP contribution is -2.30. The van der Waals surface area contributed by atoms with Crippen LogP contribution in [0.15, 0.2) is 0 Å². The van der Waals surface area contributed by atoms with Crippen molar-refractivity contribution < 1.29 is 14.7 Å². The van der Waals surface area contributed by atoms with Crippen LogP contribution >= 0.6 is 11.6 Å². The third kappa shape index (κ3) is 2.79. The van der Waals surface area contributed by atoms with E-state index in [0.29, 0.717) is 0 Å². The molecule has 0 unspecified atom stereocenters. The van der Waals surface area contributed by atoms with Crippen molar-refractivity contribution in [3.05, 3.63) is 0 Å². The maximum Gasteiger partial charge on any atom is 0.338 e. The molecule has 48 valence electrons. The number of rotatable bonds is 3. The molecule has 0 radical (unpaired) electrons. The van der Waals surface area contributed by atoms with Gasteiger partial charge in [-0.15, -0.1) is 0 Å². The Labute approximate surface area is 51.3 Å². The molecule has 0 amide bonds. The number of carboxylic acids is 1. The van der Waals surface area contributed by atoms with Gasteiger partial charge in [0.15, 0.2) is 0 Å². The van der Waals surface area contributed by atoms with E-state index in [2.05, 4.69) is 4.84 Å². The second-order valence-corrected chi connectivity index (χ2v) is 1.46. The topological polar surface area (TPSA) is 58.6 Å². The van der Waals surface area contributed by atoms with E-state index in [1.54, 1.807) is 0 Å². The van der Waals surface area contributed by atoms with Crippen LogP contribution in [0.1, 0.15) is 0 Å². The summed E-state index contributed by atoms with van der Waals surface area (Å²) in [7, 11) is 1.29. The molecular weight excluding hydrogens is 133 g/mol. The summed E-state index contributed by atoms with van der Waals surface area (Å²) in [6.45, 7) is 0. The van der Waals surface area contributed by atoms with E-state index in [1.807, 2.05) is 5.48 Å². The Bertz CT molecular complexity index is 86.6. The average molecular weight is 140 g/mol. The van der Waals surface area contributed by atoms with Crippen LogP contribution < -0.4 is 5.48 Å². The first-order chi connectivity index (χ1) is 3.68. The van der Waals surface area contributed by atoms with E-state index in [0.717, 1.165) is 0 Å². The lowest BCUT2D eigenvalue weighted by molar-refractivity contribution is -0.140. The number of nitrogens with one attached hydrogen (secondary N) is 1. The third-order valence-electron chi connectivity index (χ3n) is 0.438. The highest BCUT2D eigenvalue weighted by Crippen LogP contribution is 1.87. The van der Waals surface area contributed by atoms with E-state index < -0.39 is 11.5 Å². The fraction of sp³-hybridized carbons (Fsp3) is 0.667. The minimum Gasteiger partial charge on any atom is -0.479 e. The van der Waals surface area contributed by atoms with Crippen molar-refractivity contribution in [3.8, 4) is 0 Å². The molecule has 0 saturated carbocycles. The lowest BCUT2D eigenvalue weighted by atomic mass is 10.7. The number of carbonyl (C=O) groups is 1. The minimum absolute atomic E-state index is 1.16. The summed E-state index contributed by atoms with van der Waals surface area (Å²) in [6.07, 6.45) is 0.